The third-order valence-electron chi connectivity index (χ3n) is 9.99. The molecule has 0 saturated carbocycles. The summed E-state index contributed by atoms with van der Waals surface area (Å²) in [5.74, 6) is 0.360. The Kier molecular flexibility index (Phi) is 17.3. The first-order valence-corrected chi connectivity index (χ1v) is 23.1. The van der Waals surface area contributed by atoms with Crippen molar-refractivity contribution >= 4 is 45.3 Å². The summed E-state index contributed by atoms with van der Waals surface area (Å²) < 4.78 is 50.0. The molecular weight excluding hydrogens is 868 g/mol. The van der Waals surface area contributed by atoms with E-state index in [1.54, 1.807) is 0 Å². The number of aliphatic hydroxyl groups is 5. The van der Waals surface area contributed by atoms with Crippen LogP contribution in [-0.4, -0.2) is 155 Å². The van der Waals surface area contributed by atoms with Gasteiger partial charge in [-0.2, -0.15) is 16.1 Å². The first kappa shape index (κ1) is 48.2. The first-order valence-electron chi connectivity index (χ1n) is 19.0. The predicted molar refractivity (Wildman–Crippen MR) is 203 cm³/mol. The standard InChI is InChI=1S/C31H51N7O19P2S/c39-19(7-4-3-6-18-22-15(14-60-18)34-30(47)36-22)32-10-5-1-2-8-21(41)37-33-12-16-23(42)25(44)27(46)29(55-16)56-59(51,52)57-58(49,50)53-13-17-24(43)26(45)28(54-17)38-11-9-20(40)35-31(38)48/h9,11,15-18,22-29,33,42-46H,1-8,10,12-14H2,(H,32,39)(H,37,41)(H,49,50)(H,51,52)(H2,34,36,47)(H,35,40,48)/t15-,16+,17+,18-,22-,23+,24+,25-,26+,27+,28+,29+/m0/s1. The molecule has 60 heavy (non-hydrogen) atoms. The Bertz CT molecular complexity index is 1860. The number of urea groups is 1. The lowest BCUT2D eigenvalue weighted by Crippen LogP contribution is -2.61. The minimum absolute atomic E-state index is 0.0610. The minimum Gasteiger partial charge on any atom is -0.388 e. The van der Waals surface area contributed by atoms with Crippen molar-refractivity contribution in [2.24, 2.45) is 0 Å². The van der Waals surface area contributed by atoms with Gasteiger partial charge in [0.1, 0.15) is 42.7 Å². The van der Waals surface area contributed by atoms with E-state index in [2.05, 4.69) is 40.2 Å². The molecule has 14 atom stereocenters. The summed E-state index contributed by atoms with van der Waals surface area (Å²) >= 11 is 1.83. The van der Waals surface area contributed by atoms with Gasteiger partial charge in [-0.25, -0.2) is 24.1 Å². The van der Waals surface area contributed by atoms with Crippen LogP contribution in [0.25, 0.3) is 0 Å². The maximum Gasteiger partial charge on any atom is 0.483 e. The van der Waals surface area contributed by atoms with E-state index in [9.17, 15) is 68.4 Å². The number of aromatic amines is 1. The number of amides is 4. The number of nitrogens with zero attached hydrogens (tertiary/aromatic N) is 1. The number of hydrogen-bond donors (Lipinski definition) is 13. The van der Waals surface area contributed by atoms with Crippen LogP contribution in [0.4, 0.5) is 4.79 Å². The van der Waals surface area contributed by atoms with E-state index in [0.29, 0.717) is 37.5 Å². The van der Waals surface area contributed by atoms with Crippen LogP contribution >= 0.6 is 27.4 Å². The van der Waals surface area contributed by atoms with Gasteiger partial charge in [0, 0.05) is 49.2 Å². The number of H-pyrrole nitrogens is 1. The molecule has 4 aliphatic rings. The van der Waals surface area contributed by atoms with Crippen LogP contribution in [0.1, 0.15) is 57.6 Å². The molecule has 13 N–H and O–H groups in total. The predicted octanol–water partition coefficient (Wildman–Crippen LogP) is -3.76. The lowest BCUT2D eigenvalue weighted by Gasteiger charge is -2.40. The molecule has 4 saturated heterocycles. The van der Waals surface area contributed by atoms with Crippen molar-refractivity contribution in [3.8, 4) is 0 Å². The number of hydrogen-bond acceptors (Lipinski definition) is 19. The second-order valence-electron chi connectivity index (χ2n) is 14.5. The highest BCUT2D eigenvalue weighted by Gasteiger charge is 2.50. The summed E-state index contributed by atoms with van der Waals surface area (Å²) in [4.78, 5) is 81.6. The number of ether oxygens (including phenoxy) is 2. The third kappa shape index (κ3) is 13.3. The van der Waals surface area contributed by atoms with Crippen molar-refractivity contribution in [2.45, 2.75) is 124 Å². The summed E-state index contributed by atoms with van der Waals surface area (Å²) in [6, 6.07) is 1.10. The molecule has 26 nitrogen and oxygen atoms in total. The van der Waals surface area contributed by atoms with Gasteiger partial charge in [0.25, 0.3) is 5.56 Å². The van der Waals surface area contributed by atoms with Crippen molar-refractivity contribution in [1.29, 1.82) is 0 Å². The number of hydrazine groups is 1. The van der Waals surface area contributed by atoms with E-state index in [-0.39, 0.29) is 30.4 Å². The highest BCUT2D eigenvalue weighted by atomic mass is 32.2. The fraction of sp³-hybridized carbons (Fsp3) is 0.774. The second kappa shape index (κ2) is 21.5. The zero-order valence-electron chi connectivity index (χ0n) is 31.8. The number of phosphoric ester groups is 2. The van der Waals surface area contributed by atoms with Gasteiger partial charge < -0.3 is 60.7 Å². The van der Waals surface area contributed by atoms with Crippen LogP contribution in [0.15, 0.2) is 21.9 Å². The smallest absolute Gasteiger partial charge is 0.388 e. The van der Waals surface area contributed by atoms with E-state index < -0.39 is 101 Å². The van der Waals surface area contributed by atoms with Crippen LogP contribution < -0.4 is 38.1 Å². The van der Waals surface area contributed by atoms with Gasteiger partial charge in [-0.3, -0.25) is 38.4 Å². The molecule has 4 aliphatic heterocycles. The number of aliphatic hydroxyl groups excluding tert-OH is 5. The number of carbonyl (C=O) groups excluding carboxylic acids is 3. The van der Waals surface area contributed by atoms with Crippen LogP contribution in [0.5, 0.6) is 0 Å². The van der Waals surface area contributed by atoms with E-state index >= 15 is 0 Å². The number of fused-ring (bicyclic) bond motifs is 1. The number of aromatic nitrogens is 2. The Labute approximate surface area is 345 Å². The molecule has 5 heterocycles. The van der Waals surface area contributed by atoms with Gasteiger partial charge in [0.15, 0.2) is 12.5 Å². The Morgan fingerprint density at radius 2 is 1.58 bits per heavy atom. The normalized spacial score (nSPS) is 33.3. The molecule has 0 aromatic carbocycles. The van der Waals surface area contributed by atoms with Gasteiger partial charge in [0.05, 0.1) is 18.7 Å². The van der Waals surface area contributed by atoms with E-state index in [1.165, 1.54) is 0 Å². The van der Waals surface area contributed by atoms with Crippen LogP contribution in [0.3, 0.4) is 0 Å². The minimum atomic E-state index is -5.71. The fourth-order valence-corrected chi connectivity index (χ4v) is 10.6. The molecule has 29 heteroatoms. The number of carbonyl (C=O) groups is 3. The van der Waals surface area contributed by atoms with Gasteiger partial charge in [0.2, 0.25) is 11.8 Å². The average molecular weight is 920 g/mol. The lowest BCUT2D eigenvalue weighted by molar-refractivity contribution is -0.274. The monoisotopic (exact) mass is 919 g/mol. The summed E-state index contributed by atoms with van der Waals surface area (Å²) in [6.45, 7) is -1.05. The molecule has 4 fully saturated rings. The SMILES string of the molecule is O=C(CCCC[C@@H]1SC[C@@H]2NC(=O)N[C@@H]21)NCCCCCC(=O)NNC[C@H]1O[C@H](OP(=O)(O)OP(=O)(O)OC[C@H]2O[C@@H](n3ccc(=O)[nH]c3=O)[C@H](O)[C@@H]2O)[C@H](O)[C@@H](O)[C@@H]1O. The molecular formula is C31H51N7O19P2S. The van der Waals surface area contributed by atoms with Crippen molar-refractivity contribution < 1.29 is 81.7 Å². The number of unbranched alkanes of at least 4 members (excludes halogenated alkanes) is 3. The molecule has 5 rings (SSSR count). The van der Waals surface area contributed by atoms with Crippen molar-refractivity contribution in [3.63, 3.8) is 0 Å². The Hall–Kier alpha value is -2.82. The van der Waals surface area contributed by atoms with Gasteiger partial charge in [-0.1, -0.05) is 12.8 Å². The van der Waals surface area contributed by atoms with Crippen molar-refractivity contribution in [1.82, 2.24) is 36.4 Å². The van der Waals surface area contributed by atoms with Gasteiger partial charge in [-0.15, -0.1) is 0 Å². The molecule has 1 aromatic rings. The van der Waals surface area contributed by atoms with Crippen LogP contribution in [-0.2, 0) is 41.6 Å². The molecule has 0 spiro atoms. The van der Waals surface area contributed by atoms with E-state index in [0.717, 1.165) is 41.8 Å². The van der Waals surface area contributed by atoms with Gasteiger partial charge >= 0.3 is 27.4 Å². The maximum atomic E-state index is 12.7. The highest BCUT2D eigenvalue weighted by Crippen LogP contribution is 2.61. The zero-order chi connectivity index (χ0) is 43.8. The Morgan fingerprint density at radius 3 is 2.33 bits per heavy atom. The average Bonchev–Trinajstić information content (AvgIpc) is 3.82. The van der Waals surface area contributed by atoms with Gasteiger partial charge in [-0.05, 0) is 25.7 Å². The quantitative estimate of drug-likeness (QED) is 0.0230. The maximum absolute atomic E-state index is 12.7. The molecule has 0 radical (unpaired) electrons. The highest BCUT2D eigenvalue weighted by molar-refractivity contribution is 8.00. The first-order chi connectivity index (χ1) is 28.3. The molecule has 0 bridgehead atoms. The third-order valence-corrected chi connectivity index (χ3v) is 14.1. The largest absolute Gasteiger partial charge is 0.483 e. The number of thioether (sulfide) groups is 1. The molecule has 2 unspecified atom stereocenters. The van der Waals surface area contributed by atoms with Crippen LogP contribution in [0.2, 0.25) is 0 Å². The van der Waals surface area contributed by atoms with Crippen LogP contribution in [0, 0.1) is 0 Å². The zero-order valence-corrected chi connectivity index (χ0v) is 34.5. The topological polar surface area (TPSA) is 388 Å². The summed E-state index contributed by atoms with van der Waals surface area (Å²) in [7, 11) is -11.3. The number of rotatable bonds is 22. The summed E-state index contributed by atoms with van der Waals surface area (Å²) in [5, 5.41) is 60.7. The lowest BCUT2D eigenvalue weighted by atomic mass is 9.99. The molecule has 340 valence electrons. The number of phosphoric acid groups is 2. The van der Waals surface area contributed by atoms with E-state index in [1.807, 2.05) is 16.7 Å². The Balaban J connectivity index is 0.947. The fourth-order valence-electron chi connectivity index (χ4n) is 6.86. The molecule has 4 amide bonds. The Morgan fingerprint density at radius 1 is 0.867 bits per heavy atom. The summed E-state index contributed by atoms with van der Waals surface area (Å²) in [5.41, 5.74) is 3.05. The second-order valence-corrected chi connectivity index (χ2v) is 18.7. The van der Waals surface area contributed by atoms with Crippen molar-refractivity contribution in [2.75, 3.05) is 25.4 Å². The molecule has 0 aliphatic carbocycles. The molecule has 1 aromatic heterocycles. The van der Waals surface area contributed by atoms with Crippen molar-refractivity contribution in [3.05, 3.63) is 33.1 Å². The summed E-state index contributed by atoms with van der Waals surface area (Å²) in [6.07, 6.45) is -10.9. The van der Waals surface area contributed by atoms with E-state index in [4.69, 9.17) is 9.47 Å². The number of nitrogens with one attached hydrogen (secondary N) is 6.